The Labute approximate surface area is 185 Å². The van der Waals surface area contributed by atoms with E-state index in [0.717, 1.165) is 24.8 Å². The maximum Gasteiger partial charge on any atom is 0.346 e. The molecule has 0 bridgehead atoms. The molecular formula is C25H28F4O3. The molecule has 32 heavy (non-hydrogen) atoms. The Bertz CT molecular complexity index is 900. The average Bonchev–Trinajstić information content (AvgIpc) is 2.77. The quantitative estimate of drug-likeness (QED) is 0.132. The van der Waals surface area contributed by atoms with Gasteiger partial charge in [0.25, 0.3) is 0 Å². The van der Waals surface area contributed by atoms with Crippen molar-refractivity contribution in [1.29, 1.82) is 0 Å². The van der Waals surface area contributed by atoms with Gasteiger partial charge in [0.05, 0.1) is 12.2 Å². The topological polar surface area (TPSA) is 35.5 Å². The van der Waals surface area contributed by atoms with Crippen molar-refractivity contribution in [3.05, 3.63) is 59.2 Å². The molecule has 2 aromatic carbocycles. The Hall–Kier alpha value is -2.57. The number of carbonyl (C=O) groups is 1. The van der Waals surface area contributed by atoms with Crippen molar-refractivity contribution in [3.63, 3.8) is 0 Å². The molecule has 1 fully saturated rings. The largest absolute Gasteiger partial charge is 0.493 e. The third-order valence-corrected chi connectivity index (χ3v) is 6.00. The summed E-state index contributed by atoms with van der Waals surface area (Å²) < 4.78 is 64.4. The molecule has 0 saturated heterocycles. The summed E-state index contributed by atoms with van der Waals surface area (Å²) in [5, 5.41) is 0. The summed E-state index contributed by atoms with van der Waals surface area (Å²) in [6.45, 7) is 2.69. The van der Waals surface area contributed by atoms with Gasteiger partial charge in [-0.15, -0.1) is 0 Å². The zero-order chi connectivity index (χ0) is 23.1. The van der Waals surface area contributed by atoms with E-state index >= 15 is 0 Å². The van der Waals surface area contributed by atoms with E-state index in [0.29, 0.717) is 30.4 Å². The zero-order valence-electron chi connectivity index (χ0n) is 18.1. The van der Waals surface area contributed by atoms with Crippen LogP contribution >= 0.6 is 0 Å². The van der Waals surface area contributed by atoms with Gasteiger partial charge in [-0.3, -0.25) is 0 Å². The lowest BCUT2D eigenvalue weighted by Crippen LogP contribution is -2.20. The molecule has 0 unspecified atom stereocenters. The van der Waals surface area contributed by atoms with Crippen molar-refractivity contribution < 1.29 is 31.8 Å². The molecule has 1 saturated carbocycles. The lowest BCUT2D eigenvalue weighted by atomic mass is 9.80. The van der Waals surface area contributed by atoms with Crippen LogP contribution in [0.2, 0.25) is 0 Å². The number of benzene rings is 2. The number of rotatable bonds is 9. The Kier molecular flexibility index (Phi) is 8.53. The highest BCUT2D eigenvalue weighted by Crippen LogP contribution is 2.32. The third kappa shape index (κ3) is 6.47. The highest BCUT2D eigenvalue weighted by atomic mass is 19.2. The minimum atomic E-state index is -1.68. The predicted molar refractivity (Wildman–Crippen MR) is 113 cm³/mol. The van der Waals surface area contributed by atoms with Crippen LogP contribution in [0.25, 0.3) is 0 Å². The third-order valence-electron chi connectivity index (χ3n) is 6.00. The molecule has 0 N–H and O–H groups in total. The van der Waals surface area contributed by atoms with E-state index < -0.39 is 40.6 Å². The molecule has 0 amide bonds. The highest BCUT2D eigenvalue weighted by molar-refractivity contribution is 5.91. The average molecular weight is 452 g/mol. The van der Waals surface area contributed by atoms with Crippen LogP contribution in [-0.4, -0.2) is 12.6 Å². The molecule has 174 valence electrons. The normalized spacial score (nSPS) is 18.4. The summed E-state index contributed by atoms with van der Waals surface area (Å²) >= 11 is 0. The molecule has 0 atom stereocenters. The van der Waals surface area contributed by atoms with E-state index in [1.54, 1.807) is 0 Å². The minimum Gasteiger partial charge on any atom is -0.493 e. The maximum absolute atomic E-state index is 14.4. The summed E-state index contributed by atoms with van der Waals surface area (Å²) in [5.41, 5.74) is -0.421. The highest BCUT2D eigenvalue weighted by Gasteiger charge is 2.22. The van der Waals surface area contributed by atoms with Gasteiger partial charge in [0.15, 0.2) is 17.5 Å². The fourth-order valence-corrected chi connectivity index (χ4v) is 4.09. The van der Waals surface area contributed by atoms with Crippen molar-refractivity contribution in [2.24, 2.45) is 11.8 Å². The first kappa shape index (κ1) is 24.1. The lowest BCUT2D eigenvalue weighted by Gasteiger charge is -2.28. The van der Waals surface area contributed by atoms with E-state index in [-0.39, 0.29) is 0 Å². The van der Waals surface area contributed by atoms with Crippen molar-refractivity contribution in [2.75, 3.05) is 6.61 Å². The molecular weight excluding hydrogens is 424 g/mol. The molecule has 0 spiro atoms. The van der Waals surface area contributed by atoms with Crippen LogP contribution in [0.4, 0.5) is 17.6 Å². The number of ether oxygens (including phenoxy) is 2. The van der Waals surface area contributed by atoms with Crippen LogP contribution in [0, 0.1) is 35.1 Å². The fourth-order valence-electron chi connectivity index (χ4n) is 4.09. The lowest BCUT2D eigenvalue weighted by molar-refractivity contribution is 0.0728. The number of esters is 1. The molecule has 7 heteroatoms. The van der Waals surface area contributed by atoms with Crippen LogP contribution in [-0.2, 0) is 0 Å². The van der Waals surface area contributed by atoms with Gasteiger partial charge in [-0.05, 0) is 36.8 Å². The SMILES string of the molecule is CCCCC[C@H]1CC[C@H](COc2ccc(C(=O)Oc3cc(F)c(F)c(F)c3)c(F)c2)CC1. The Morgan fingerprint density at radius 3 is 2.12 bits per heavy atom. The monoisotopic (exact) mass is 452 g/mol. The predicted octanol–water partition coefficient (Wildman–Crippen LogP) is 7.23. The minimum absolute atomic E-state index is 0.294. The van der Waals surface area contributed by atoms with Crippen LogP contribution < -0.4 is 9.47 Å². The standard InChI is InChI=1S/C25H28F4O3/c1-2-3-4-5-16-6-8-17(9-7-16)15-31-18-10-11-20(21(26)12-18)25(30)32-19-13-22(27)24(29)23(28)14-19/h10-14,16-17H,2-9,15H2,1H3/t16-,17-. The van der Waals surface area contributed by atoms with Crippen LogP contribution in [0.15, 0.2) is 30.3 Å². The summed E-state index contributed by atoms with van der Waals surface area (Å²) in [6.07, 6.45) is 9.68. The summed E-state index contributed by atoms with van der Waals surface area (Å²) in [5.74, 6) is -5.77. The van der Waals surface area contributed by atoms with E-state index in [9.17, 15) is 22.4 Å². The molecule has 0 heterocycles. The van der Waals surface area contributed by atoms with Crippen molar-refractivity contribution in [2.45, 2.75) is 58.3 Å². The molecule has 3 nitrogen and oxygen atoms in total. The summed E-state index contributed by atoms with van der Waals surface area (Å²) in [6, 6.07) is 4.75. The summed E-state index contributed by atoms with van der Waals surface area (Å²) in [7, 11) is 0. The first-order valence-electron chi connectivity index (χ1n) is 11.2. The molecule has 3 rings (SSSR count). The van der Waals surface area contributed by atoms with E-state index in [2.05, 4.69) is 6.92 Å². The van der Waals surface area contributed by atoms with Gasteiger partial charge in [-0.25, -0.2) is 22.4 Å². The van der Waals surface area contributed by atoms with Gasteiger partial charge in [0, 0.05) is 18.2 Å². The fraction of sp³-hybridized carbons (Fsp3) is 0.480. The van der Waals surface area contributed by atoms with E-state index in [1.807, 2.05) is 0 Å². The Morgan fingerprint density at radius 1 is 0.875 bits per heavy atom. The summed E-state index contributed by atoms with van der Waals surface area (Å²) in [4.78, 5) is 12.1. The smallest absolute Gasteiger partial charge is 0.346 e. The van der Waals surface area contributed by atoms with Crippen LogP contribution in [0.1, 0.15) is 68.6 Å². The van der Waals surface area contributed by atoms with E-state index in [1.165, 1.54) is 50.7 Å². The first-order chi connectivity index (χ1) is 15.4. The van der Waals surface area contributed by atoms with Crippen molar-refractivity contribution in [3.8, 4) is 11.5 Å². The first-order valence-corrected chi connectivity index (χ1v) is 11.2. The number of hydrogen-bond donors (Lipinski definition) is 0. The second-order valence-electron chi connectivity index (χ2n) is 8.43. The van der Waals surface area contributed by atoms with Gasteiger partial charge in [0.1, 0.15) is 17.3 Å². The molecule has 0 aliphatic heterocycles. The zero-order valence-corrected chi connectivity index (χ0v) is 18.1. The molecule has 1 aliphatic rings. The van der Waals surface area contributed by atoms with Crippen LogP contribution in [0.3, 0.4) is 0 Å². The second-order valence-corrected chi connectivity index (χ2v) is 8.43. The van der Waals surface area contributed by atoms with Crippen molar-refractivity contribution >= 4 is 5.97 Å². The molecule has 0 radical (unpaired) electrons. The molecule has 0 aromatic heterocycles. The second kappa shape index (κ2) is 11.3. The van der Waals surface area contributed by atoms with E-state index in [4.69, 9.17) is 9.47 Å². The van der Waals surface area contributed by atoms with Crippen LogP contribution in [0.5, 0.6) is 11.5 Å². The number of halogens is 4. The number of carbonyl (C=O) groups excluding carboxylic acids is 1. The van der Waals surface area contributed by atoms with Gasteiger partial charge >= 0.3 is 5.97 Å². The molecule has 2 aromatic rings. The number of hydrogen-bond acceptors (Lipinski definition) is 3. The van der Waals surface area contributed by atoms with Gasteiger partial charge < -0.3 is 9.47 Å². The Morgan fingerprint density at radius 2 is 1.50 bits per heavy atom. The van der Waals surface area contributed by atoms with Crippen molar-refractivity contribution in [1.82, 2.24) is 0 Å². The van der Waals surface area contributed by atoms with Gasteiger partial charge in [0.2, 0.25) is 0 Å². The Balaban J connectivity index is 1.50. The number of unbranched alkanes of at least 4 members (excludes halogenated alkanes) is 2. The molecule has 1 aliphatic carbocycles. The maximum atomic E-state index is 14.4. The van der Waals surface area contributed by atoms with Gasteiger partial charge in [-0.1, -0.05) is 45.4 Å². The van der Waals surface area contributed by atoms with Gasteiger partial charge in [-0.2, -0.15) is 0 Å².